The summed E-state index contributed by atoms with van der Waals surface area (Å²) in [5.41, 5.74) is 0.916. The van der Waals surface area contributed by atoms with Gasteiger partial charge < -0.3 is 10.1 Å². The Bertz CT molecular complexity index is 931. The van der Waals surface area contributed by atoms with Crippen LogP contribution in [0.1, 0.15) is 27.6 Å². The zero-order valence-electron chi connectivity index (χ0n) is 13.9. The molecule has 0 saturated carbocycles. The highest BCUT2D eigenvalue weighted by atomic mass is 79.9. The van der Waals surface area contributed by atoms with Gasteiger partial charge in [-0.3, -0.25) is 19.3 Å². The number of halogens is 2. The van der Waals surface area contributed by atoms with Gasteiger partial charge in [0.2, 0.25) is 0 Å². The number of amides is 3. The second-order valence-electron chi connectivity index (χ2n) is 5.75. The minimum Gasteiger partial charge on any atom is -0.480 e. The van der Waals surface area contributed by atoms with E-state index in [4.69, 9.17) is 4.74 Å². The highest BCUT2D eigenvalue weighted by Gasteiger charge is 2.32. The van der Waals surface area contributed by atoms with Crippen LogP contribution < -0.4 is 10.1 Å². The summed E-state index contributed by atoms with van der Waals surface area (Å²) in [5, 5.41) is 2.64. The van der Waals surface area contributed by atoms with E-state index in [1.165, 1.54) is 37.4 Å². The number of carbonyl (C=O) groups excluding carboxylic acids is 3. The second kappa shape index (κ2) is 6.87. The standard InChI is InChI=1S/C18H14BrFN2O4/c1-9(26-15-6-3-10(20)7-14(15)19)16(23)21-11-4-5-12-13(8-11)18(25)22(2)17(12)24/h3-9H,1-2H3,(H,21,23)/t9-/m0/s1. The Kier molecular flexibility index (Phi) is 4.78. The minimum atomic E-state index is -0.870. The van der Waals surface area contributed by atoms with Crippen LogP contribution >= 0.6 is 15.9 Å². The van der Waals surface area contributed by atoms with Gasteiger partial charge in [-0.1, -0.05) is 0 Å². The zero-order chi connectivity index (χ0) is 19.0. The average Bonchev–Trinajstić information content (AvgIpc) is 2.81. The Balaban J connectivity index is 1.72. The van der Waals surface area contributed by atoms with Crippen molar-refractivity contribution in [3.8, 4) is 5.75 Å². The van der Waals surface area contributed by atoms with Crippen molar-refractivity contribution in [2.24, 2.45) is 0 Å². The lowest BCUT2D eigenvalue weighted by Crippen LogP contribution is -2.30. The monoisotopic (exact) mass is 420 g/mol. The lowest BCUT2D eigenvalue weighted by Gasteiger charge is -2.16. The number of nitrogens with one attached hydrogen (secondary N) is 1. The van der Waals surface area contributed by atoms with Crippen molar-refractivity contribution in [2.45, 2.75) is 13.0 Å². The Morgan fingerprint density at radius 3 is 2.54 bits per heavy atom. The van der Waals surface area contributed by atoms with Crippen molar-refractivity contribution < 1.29 is 23.5 Å². The van der Waals surface area contributed by atoms with Crippen molar-refractivity contribution >= 4 is 39.3 Å². The predicted octanol–water partition coefficient (Wildman–Crippen LogP) is 3.22. The molecule has 6 nitrogen and oxygen atoms in total. The SMILES string of the molecule is C[C@H](Oc1ccc(F)cc1Br)C(=O)Nc1ccc2c(c1)C(=O)N(C)C2=O. The third-order valence-corrected chi connectivity index (χ3v) is 4.54. The topological polar surface area (TPSA) is 75.7 Å². The molecule has 0 saturated heterocycles. The van der Waals surface area contributed by atoms with Crippen molar-refractivity contribution in [3.05, 3.63) is 57.8 Å². The molecule has 0 bridgehead atoms. The molecule has 134 valence electrons. The van der Waals surface area contributed by atoms with E-state index >= 15 is 0 Å². The number of rotatable bonds is 4. The van der Waals surface area contributed by atoms with Crippen LogP contribution in [-0.2, 0) is 4.79 Å². The molecule has 1 N–H and O–H groups in total. The molecule has 0 spiro atoms. The highest BCUT2D eigenvalue weighted by Crippen LogP contribution is 2.27. The molecule has 3 amide bonds. The number of hydrogen-bond acceptors (Lipinski definition) is 4. The average molecular weight is 421 g/mol. The van der Waals surface area contributed by atoms with Gasteiger partial charge >= 0.3 is 0 Å². The summed E-state index contributed by atoms with van der Waals surface area (Å²) in [6.45, 7) is 1.54. The summed E-state index contributed by atoms with van der Waals surface area (Å²) in [5.74, 6) is -1.35. The van der Waals surface area contributed by atoms with Crippen LogP contribution in [0.2, 0.25) is 0 Å². The summed E-state index contributed by atoms with van der Waals surface area (Å²) < 4.78 is 19.0. The largest absolute Gasteiger partial charge is 0.480 e. The summed E-state index contributed by atoms with van der Waals surface area (Å²) in [4.78, 5) is 37.2. The minimum absolute atomic E-state index is 0.241. The molecule has 0 aromatic heterocycles. The van der Waals surface area contributed by atoms with Crippen LogP contribution in [0.25, 0.3) is 0 Å². The van der Waals surface area contributed by atoms with Crippen LogP contribution in [0.4, 0.5) is 10.1 Å². The van der Waals surface area contributed by atoms with E-state index in [1.54, 1.807) is 13.0 Å². The number of carbonyl (C=O) groups is 3. The lowest BCUT2D eigenvalue weighted by atomic mass is 10.1. The van der Waals surface area contributed by atoms with Gasteiger partial charge in [-0.05, 0) is 59.3 Å². The maximum absolute atomic E-state index is 13.1. The van der Waals surface area contributed by atoms with E-state index in [0.29, 0.717) is 21.5 Å². The first-order chi connectivity index (χ1) is 12.3. The van der Waals surface area contributed by atoms with Crippen LogP contribution in [0.15, 0.2) is 40.9 Å². The molecule has 2 aromatic carbocycles. The molecule has 3 rings (SSSR count). The molecule has 2 aromatic rings. The Morgan fingerprint density at radius 2 is 1.85 bits per heavy atom. The van der Waals surface area contributed by atoms with Crippen molar-refractivity contribution in [3.63, 3.8) is 0 Å². The maximum atomic E-state index is 13.1. The fourth-order valence-corrected chi connectivity index (χ4v) is 2.94. The number of ether oxygens (including phenoxy) is 1. The van der Waals surface area contributed by atoms with Gasteiger partial charge in [0.1, 0.15) is 11.6 Å². The van der Waals surface area contributed by atoms with Gasteiger partial charge in [-0.15, -0.1) is 0 Å². The molecule has 1 heterocycles. The summed E-state index contributed by atoms with van der Waals surface area (Å²) >= 11 is 3.17. The van der Waals surface area contributed by atoms with Gasteiger partial charge in [0.05, 0.1) is 15.6 Å². The van der Waals surface area contributed by atoms with Crippen LogP contribution in [-0.4, -0.2) is 35.8 Å². The highest BCUT2D eigenvalue weighted by molar-refractivity contribution is 9.10. The van der Waals surface area contributed by atoms with Gasteiger partial charge in [-0.2, -0.15) is 0 Å². The molecule has 26 heavy (non-hydrogen) atoms. The van der Waals surface area contributed by atoms with E-state index in [0.717, 1.165) is 4.90 Å². The fourth-order valence-electron chi connectivity index (χ4n) is 2.50. The Hall–Kier alpha value is -2.74. The lowest BCUT2D eigenvalue weighted by molar-refractivity contribution is -0.122. The molecular formula is C18H14BrFN2O4. The second-order valence-corrected chi connectivity index (χ2v) is 6.61. The van der Waals surface area contributed by atoms with E-state index < -0.39 is 23.7 Å². The molecule has 0 unspecified atom stereocenters. The molecule has 0 fully saturated rings. The summed E-state index contributed by atoms with van der Waals surface area (Å²) in [7, 11) is 1.40. The number of benzene rings is 2. The number of fused-ring (bicyclic) bond motifs is 1. The molecule has 0 radical (unpaired) electrons. The van der Waals surface area contributed by atoms with Crippen LogP contribution in [0, 0.1) is 5.82 Å². The van der Waals surface area contributed by atoms with E-state index in [9.17, 15) is 18.8 Å². The maximum Gasteiger partial charge on any atom is 0.265 e. The van der Waals surface area contributed by atoms with Crippen molar-refractivity contribution in [1.82, 2.24) is 4.90 Å². The summed E-state index contributed by atoms with van der Waals surface area (Å²) in [6.07, 6.45) is -0.870. The number of imide groups is 1. The first-order valence-electron chi connectivity index (χ1n) is 7.67. The molecule has 1 atom stereocenters. The molecule has 0 aliphatic carbocycles. The van der Waals surface area contributed by atoms with Crippen LogP contribution in [0.5, 0.6) is 5.75 Å². The Morgan fingerprint density at radius 1 is 1.15 bits per heavy atom. The number of anilines is 1. The smallest absolute Gasteiger partial charge is 0.265 e. The van der Waals surface area contributed by atoms with Gasteiger partial charge in [0.15, 0.2) is 6.10 Å². The van der Waals surface area contributed by atoms with Crippen molar-refractivity contribution in [1.29, 1.82) is 0 Å². The van der Waals surface area contributed by atoms with Crippen molar-refractivity contribution in [2.75, 3.05) is 12.4 Å². The van der Waals surface area contributed by atoms with Gasteiger partial charge in [-0.25, -0.2) is 4.39 Å². The van der Waals surface area contributed by atoms with Gasteiger partial charge in [0, 0.05) is 12.7 Å². The molecule has 1 aliphatic heterocycles. The van der Waals surface area contributed by atoms with Gasteiger partial charge in [0.25, 0.3) is 17.7 Å². The third kappa shape index (κ3) is 3.32. The molecular weight excluding hydrogens is 407 g/mol. The number of hydrogen-bond donors (Lipinski definition) is 1. The van der Waals surface area contributed by atoms with E-state index in [-0.39, 0.29) is 11.5 Å². The zero-order valence-corrected chi connectivity index (χ0v) is 15.5. The molecule has 8 heteroatoms. The van der Waals surface area contributed by atoms with E-state index in [2.05, 4.69) is 21.2 Å². The normalized spacial score (nSPS) is 14.2. The third-order valence-electron chi connectivity index (χ3n) is 3.92. The fraction of sp³-hybridized carbons (Fsp3) is 0.167. The molecule has 1 aliphatic rings. The predicted molar refractivity (Wildman–Crippen MR) is 95.7 cm³/mol. The van der Waals surface area contributed by atoms with Crippen LogP contribution in [0.3, 0.4) is 0 Å². The number of nitrogens with zero attached hydrogens (tertiary/aromatic N) is 1. The quantitative estimate of drug-likeness (QED) is 0.770. The van der Waals surface area contributed by atoms with E-state index in [1.807, 2.05) is 0 Å². The summed E-state index contributed by atoms with van der Waals surface area (Å²) in [6, 6.07) is 8.37. The first-order valence-corrected chi connectivity index (χ1v) is 8.46. The Labute approximate surface area is 157 Å². The first kappa shape index (κ1) is 18.1.